The second kappa shape index (κ2) is 4.18. The molecule has 1 rings (SSSR count). The van der Waals surface area contributed by atoms with E-state index in [1.807, 2.05) is 12.1 Å². The predicted molar refractivity (Wildman–Crippen MR) is 47.6 cm³/mol. The fourth-order valence-corrected chi connectivity index (χ4v) is 1.03. The molecule has 3 N–H and O–H groups in total. The van der Waals surface area contributed by atoms with Gasteiger partial charge in [-0.2, -0.15) is 0 Å². The maximum absolute atomic E-state index is 8.82. The molecule has 1 aromatic rings. The van der Waals surface area contributed by atoms with E-state index < -0.39 is 0 Å². The lowest BCUT2D eigenvalue weighted by Gasteiger charge is -2.08. The molecule has 1 aromatic heterocycles. The van der Waals surface area contributed by atoms with Crippen LogP contribution in [-0.2, 0) is 6.61 Å². The first-order valence-corrected chi connectivity index (χ1v) is 4.03. The SMILES string of the molecule is CC(CN)c1ccnc(CO)c1. The van der Waals surface area contributed by atoms with E-state index in [2.05, 4.69) is 11.9 Å². The van der Waals surface area contributed by atoms with Crippen molar-refractivity contribution in [3.63, 3.8) is 0 Å². The molecule has 0 spiro atoms. The Morgan fingerprint density at radius 1 is 1.67 bits per heavy atom. The van der Waals surface area contributed by atoms with Gasteiger partial charge in [0.1, 0.15) is 0 Å². The lowest BCUT2D eigenvalue weighted by atomic mass is 10.0. The third-order valence-electron chi connectivity index (χ3n) is 1.93. The van der Waals surface area contributed by atoms with Crippen LogP contribution in [0.2, 0.25) is 0 Å². The molecule has 1 unspecified atom stereocenters. The fraction of sp³-hybridized carbons (Fsp3) is 0.444. The molecule has 1 heterocycles. The summed E-state index contributed by atoms with van der Waals surface area (Å²) in [4.78, 5) is 3.98. The van der Waals surface area contributed by atoms with Crippen molar-refractivity contribution in [2.45, 2.75) is 19.4 Å². The lowest BCUT2D eigenvalue weighted by molar-refractivity contribution is 0.276. The van der Waals surface area contributed by atoms with E-state index in [0.717, 1.165) is 5.56 Å². The third kappa shape index (κ3) is 2.03. The molecule has 0 aliphatic heterocycles. The number of aliphatic hydroxyl groups excluding tert-OH is 1. The van der Waals surface area contributed by atoms with Gasteiger partial charge in [-0.15, -0.1) is 0 Å². The smallest absolute Gasteiger partial charge is 0.0853 e. The number of aliphatic hydroxyl groups is 1. The van der Waals surface area contributed by atoms with E-state index in [1.165, 1.54) is 0 Å². The van der Waals surface area contributed by atoms with Crippen LogP contribution in [0, 0.1) is 0 Å². The van der Waals surface area contributed by atoms with Crippen LogP contribution in [0.3, 0.4) is 0 Å². The van der Waals surface area contributed by atoms with Crippen molar-refractivity contribution in [3.05, 3.63) is 29.6 Å². The number of nitrogens with two attached hydrogens (primary N) is 1. The molecule has 0 aromatic carbocycles. The minimum atomic E-state index is -0.00880. The normalized spacial score (nSPS) is 12.9. The van der Waals surface area contributed by atoms with Crippen LogP contribution in [0.15, 0.2) is 18.3 Å². The Morgan fingerprint density at radius 2 is 2.42 bits per heavy atom. The van der Waals surface area contributed by atoms with Crippen molar-refractivity contribution in [2.24, 2.45) is 5.73 Å². The molecular formula is C9H14N2O. The third-order valence-corrected chi connectivity index (χ3v) is 1.93. The highest BCUT2D eigenvalue weighted by atomic mass is 16.3. The van der Waals surface area contributed by atoms with Crippen molar-refractivity contribution in [1.29, 1.82) is 0 Å². The summed E-state index contributed by atoms with van der Waals surface area (Å²) >= 11 is 0. The molecule has 0 radical (unpaired) electrons. The molecular weight excluding hydrogens is 152 g/mol. The van der Waals surface area contributed by atoms with E-state index >= 15 is 0 Å². The molecule has 66 valence electrons. The summed E-state index contributed by atoms with van der Waals surface area (Å²) < 4.78 is 0. The van der Waals surface area contributed by atoms with Crippen LogP contribution in [0.4, 0.5) is 0 Å². The van der Waals surface area contributed by atoms with Gasteiger partial charge in [0, 0.05) is 6.20 Å². The Hall–Kier alpha value is -0.930. The van der Waals surface area contributed by atoms with Gasteiger partial charge < -0.3 is 10.8 Å². The first-order valence-electron chi connectivity index (χ1n) is 4.03. The number of hydrogen-bond donors (Lipinski definition) is 2. The van der Waals surface area contributed by atoms with Crippen molar-refractivity contribution in [2.75, 3.05) is 6.54 Å². The van der Waals surface area contributed by atoms with Crippen LogP contribution < -0.4 is 5.73 Å². The highest BCUT2D eigenvalue weighted by molar-refractivity contribution is 5.19. The summed E-state index contributed by atoms with van der Waals surface area (Å²) in [6.45, 7) is 2.66. The topological polar surface area (TPSA) is 59.1 Å². The van der Waals surface area contributed by atoms with E-state index in [0.29, 0.717) is 18.2 Å². The Labute approximate surface area is 72.2 Å². The number of nitrogens with zero attached hydrogens (tertiary/aromatic N) is 1. The second-order valence-electron chi connectivity index (χ2n) is 2.88. The monoisotopic (exact) mass is 166 g/mol. The van der Waals surface area contributed by atoms with Crippen LogP contribution in [0.1, 0.15) is 24.1 Å². The van der Waals surface area contributed by atoms with Gasteiger partial charge in [0.25, 0.3) is 0 Å². The predicted octanol–water partition coefficient (Wildman–Crippen LogP) is 0.636. The summed E-state index contributed by atoms with van der Waals surface area (Å²) in [5.41, 5.74) is 7.35. The second-order valence-corrected chi connectivity index (χ2v) is 2.88. The van der Waals surface area contributed by atoms with Gasteiger partial charge in [0.15, 0.2) is 0 Å². The Bertz CT molecular complexity index is 250. The molecule has 12 heavy (non-hydrogen) atoms. The first kappa shape index (κ1) is 9.16. The van der Waals surface area contributed by atoms with Gasteiger partial charge in [-0.3, -0.25) is 4.98 Å². The Kier molecular flexibility index (Phi) is 3.19. The van der Waals surface area contributed by atoms with Crippen molar-refractivity contribution in [1.82, 2.24) is 4.98 Å². The molecule has 0 saturated heterocycles. The zero-order valence-corrected chi connectivity index (χ0v) is 7.20. The van der Waals surface area contributed by atoms with Crippen LogP contribution in [0.25, 0.3) is 0 Å². The summed E-state index contributed by atoms with van der Waals surface area (Å²) in [5, 5.41) is 8.82. The zero-order chi connectivity index (χ0) is 8.97. The molecule has 0 aliphatic carbocycles. The van der Waals surface area contributed by atoms with Crippen molar-refractivity contribution < 1.29 is 5.11 Å². The molecule has 0 aliphatic rings. The number of rotatable bonds is 3. The van der Waals surface area contributed by atoms with Gasteiger partial charge in [0.2, 0.25) is 0 Å². The standard InChI is InChI=1S/C9H14N2O/c1-7(5-10)8-2-3-11-9(4-8)6-12/h2-4,7,12H,5-6,10H2,1H3. The largest absolute Gasteiger partial charge is 0.390 e. The molecule has 0 saturated carbocycles. The van der Waals surface area contributed by atoms with Crippen molar-refractivity contribution >= 4 is 0 Å². The maximum atomic E-state index is 8.82. The highest BCUT2D eigenvalue weighted by Crippen LogP contribution is 2.13. The van der Waals surface area contributed by atoms with E-state index in [4.69, 9.17) is 10.8 Å². The van der Waals surface area contributed by atoms with Crippen LogP contribution in [-0.4, -0.2) is 16.6 Å². The fourth-order valence-electron chi connectivity index (χ4n) is 1.03. The molecule has 0 bridgehead atoms. The molecule has 3 nitrogen and oxygen atoms in total. The van der Waals surface area contributed by atoms with E-state index in [1.54, 1.807) is 6.20 Å². The zero-order valence-electron chi connectivity index (χ0n) is 7.20. The number of pyridine rings is 1. The molecule has 1 atom stereocenters. The van der Waals surface area contributed by atoms with Crippen LogP contribution in [0.5, 0.6) is 0 Å². The molecule has 0 amide bonds. The minimum absolute atomic E-state index is 0.00880. The van der Waals surface area contributed by atoms with Gasteiger partial charge in [-0.25, -0.2) is 0 Å². The van der Waals surface area contributed by atoms with Gasteiger partial charge >= 0.3 is 0 Å². The van der Waals surface area contributed by atoms with Gasteiger partial charge in [-0.05, 0) is 30.2 Å². The number of aromatic nitrogens is 1. The van der Waals surface area contributed by atoms with E-state index in [9.17, 15) is 0 Å². The summed E-state index contributed by atoms with van der Waals surface area (Å²) in [7, 11) is 0. The highest BCUT2D eigenvalue weighted by Gasteiger charge is 2.03. The molecule has 0 fully saturated rings. The quantitative estimate of drug-likeness (QED) is 0.692. The first-order chi connectivity index (χ1) is 5.77. The average Bonchev–Trinajstić information content (AvgIpc) is 2.17. The number of hydrogen-bond acceptors (Lipinski definition) is 3. The lowest BCUT2D eigenvalue weighted by Crippen LogP contribution is -2.09. The minimum Gasteiger partial charge on any atom is -0.390 e. The Balaban J connectivity index is 2.86. The van der Waals surface area contributed by atoms with E-state index in [-0.39, 0.29) is 6.61 Å². The Morgan fingerprint density at radius 3 is 3.00 bits per heavy atom. The molecule has 3 heteroatoms. The summed E-state index contributed by atoms with van der Waals surface area (Å²) in [6, 6.07) is 3.81. The van der Waals surface area contributed by atoms with Crippen molar-refractivity contribution in [3.8, 4) is 0 Å². The van der Waals surface area contributed by atoms with Gasteiger partial charge in [-0.1, -0.05) is 6.92 Å². The summed E-state index contributed by atoms with van der Waals surface area (Å²) in [6.07, 6.45) is 1.70. The summed E-state index contributed by atoms with van der Waals surface area (Å²) in [5.74, 6) is 0.332. The average molecular weight is 166 g/mol. The maximum Gasteiger partial charge on any atom is 0.0853 e. The van der Waals surface area contributed by atoms with Crippen LogP contribution >= 0.6 is 0 Å². The van der Waals surface area contributed by atoms with Gasteiger partial charge in [0.05, 0.1) is 12.3 Å².